The van der Waals surface area contributed by atoms with Crippen molar-refractivity contribution in [2.75, 3.05) is 5.32 Å². The monoisotopic (exact) mass is 372 g/mol. The van der Waals surface area contributed by atoms with Gasteiger partial charge in [0, 0.05) is 21.4 Å². The van der Waals surface area contributed by atoms with Crippen molar-refractivity contribution in [2.45, 2.75) is 6.92 Å². The highest BCUT2D eigenvalue weighted by atomic mass is 35.5. The third-order valence-corrected chi connectivity index (χ3v) is 4.07. The molecule has 1 heterocycles. The second kappa shape index (κ2) is 7.13. The Labute approximate surface area is 154 Å². The number of hydrogen-bond donors (Lipinski definition) is 2. The molecule has 0 fully saturated rings. The van der Waals surface area contributed by atoms with E-state index in [1.165, 1.54) is 6.07 Å². The molecule has 0 aliphatic heterocycles. The molecule has 2 aromatic carbocycles. The van der Waals surface area contributed by atoms with Gasteiger partial charge in [0.05, 0.1) is 0 Å². The molecule has 3 rings (SSSR count). The van der Waals surface area contributed by atoms with Crippen LogP contribution < -0.4 is 10.9 Å². The number of hydrogen-bond acceptors (Lipinski definition) is 2. The number of nitrogens with one attached hydrogen (secondary N) is 2. The van der Waals surface area contributed by atoms with Crippen LogP contribution in [0.1, 0.15) is 15.9 Å². The lowest BCUT2D eigenvalue weighted by Gasteiger charge is -2.07. The summed E-state index contributed by atoms with van der Waals surface area (Å²) in [5, 5.41) is 3.41. The van der Waals surface area contributed by atoms with Crippen LogP contribution >= 0.6 is 23.2 Å². The maximum atomic E-state index is 12.3. The summed E-state index contributed by atoms with van der Waals surface area (Å²) >= 11 is 11.8. The van der Waals surface area contributed by atoms with E-state index >= 15 is 0 Å². The van der Waals surface area contributed by atoms with E-state index in [0.29, 0.717) is 21.4 Å². The maximum Gasteiger partial charge on any atom is 0.261 e. The van der Waals surface area contributed by atoms with E-state index in [0.717, 1.165) is 11.1 Å². The number of benzene rings is 2. The van der Waals surface area contributed by atoms with Crippen molar-refractivity contribution < 1.29 is 4.79 Å². The molecule has 4 nitrogen and oxygen atoms in total. The fourth-order valence-electron chi connectivity index (χ4n) is 2.38. The molecule has 3 aromatic rings. The first-order chi connectivity index (χ1) is 11.9. The molecule has 25 heavy (non-hydrogen) atoms. The molecule has 0 aliphatic carbocycles. The van der Waals surface area contributed by atoms with Gasteiger partial charge in [0.1, 0.15) is 5.56 Å². The van der Waals surface area contributed by atoms with Crippen molar-refractivity contribution in [3.05, 3.63) is 86.1 Å². The van der Waals surface area contributed by atoms with Gasteiger partial charge in [-0.25, -0.2) is 0 Å². The van der Waals surface area contributed by atoms with Gasteiger partial charge in [-0.15, -0.1) is 0 Å². The second-order valence-corrected chi connectivity index (χ2v) is 6.47. The minimum atomic E-state index is -0.532. The SMILES string of the molecule is Cc1ccc(-c2ccc(C(=O)Nc3cc(Cl)cc(Cl)c3)c(=O)[nH]2)cc1. The summed E-state index contributed by atoms with van der Waals surface area (Å²) in [6.45, 7) is 1.99. The van der Waals surface area contributed by atoms with Gasteiger partial charge in [-0.2, -0.15) is 0 Å². The van der Waals surface area contributed by atoms with Crippen LogP contribution in [0.4, 0.5) is 5.69 Å². The highest BCUT2D eigenvalue weighted by Gasteiger charge is 2.12. The Bertz CT molecular complexity index is 975. The predicted molar refractivity (Wildman–Crippen MR) is 102 cm³/mol. The van der Waals surface area contributed by atoms with Crippen LogP contribution in [-0.2, 0) is 0 Å². The van der Waals surface area contributed by atoms with Crippen molar-refractivity contribution >= 4 is 34.8 Å². The molecule has 6 heteroatoms. The number of halogens is 2. The van der Waals surface area contributed by atoms with Gasteiger partial charge >= 0.3 is 0 Å². The molecule has 1 amide bonds. The highest BCUT2D eigenvalue weighted by Crippen LogP contribution is 2.23. The lowest BCUT2D eigenvalue weighted by Crippen LogP contribution is -2.23. The molecule has 126 valence electrons. The zero-order chi connectivity index (χ0) is 18.0. The summed E-state index contributed by atoms with van der Waals surface area (Å²) in [7, 11) is 0. The Morgan fingerprint density at radius 3 is 2.20 bits per heavy atom. The number of anilines is 1. The number of carbonyl (C=O) groups is 1. The quantitative estimate of drug-likeness (QED) is 0.685. The largest absolute Gasteiger partial charge is 0.322 e. The summed E-state index contributed by atoms with van der Waals surface area (Å²) in [4.78, 5) is 27.3. The average molecular weight is 373 g/mol. The van der Waals surface area contributed by atoms with Crippen LogP contribution in [0.25, 0.3) is 11.3 Å². The lowest BCUT2D eigenvalue weighted by molar-refractivity contribution is 0.102. The molecule has 0 saturated carbocycles. The van der Waals surface area contributed by atoms with E-state index in [4.69, 9.17) is 23.2 Å². The van der Waals surface area contributed by atoms with E-state index < -0.39 is 11.5 Å². The van der Waals surface area contributed by atoms with Gasteiger partial charge in [-0.05, 0) is 42.8 Å². The van der Waals surface area contributed by atoms with Crippen molar-refractivity contribution in [1.82, 2.24) is 4.98 Å². The number of amides is 1. The maximum absolute atomic E-state index is 12.3. The molecule has 0 radical (unpaired) electrons. The molecule has 0 aliphatic rings. The number of H-pyrrole nitrogens is 1. The van der Waals surface area contributed by atoms with Crippen molar-refractivity contribution in [2.24, 2.45) is 0 Å². The van der Waals surface area contributed by atoms with E-state index in [1.807, 2.05) is 31.2 Å². The van der Waals surface area contributed by atoms with Crippen molar-refractivity contribution in [1.29, 1.82) is 0 Å². The first kappa shape index (κ1) is 17.3. The standard InChI is InChI=1S/C19H14Cl2N2O2/c1-11-2-4-12(5-3-11)17-7-6-16(19(25)23-17)18(24)22-15-9-13(20)8-14(21)10-15/h2-10H,1H3,(H,22,24)(H,23,25). The zero-order valence-electron chi connectivity index (χ0n) is 13.3. The Kier molecular flexibility index (Phi) is 4.93. The van der Waals surface area contributed by atoms with E-state index in [1.54, 1.807) is 24.3 Å². The second-order valence-electron chi connectivity index (χ2n) is 5.59. The first-order valence-electron chi connectivity index (χ1n) is 7.50. The highest BCUT2D eigenvalue weighted by molar-refractivity contribution is 6.35. The summed E-state index contributed by atoms with van der Waals surface area (Å²) in [6, 6.07) is 15.6. The van der Waals surface area contributed by atoms with Crippen molar-refractivity contribution in [3.63, 3.8) is 0 Å². The predicted octanol–water partition coefficient (Wildman–Crippen LogP) is 4.91. The minimum absolute atomic E-state index is 0.00644. The van der Waals surface area contributed by atoms with Gasteiger partial charge in [-0.1, -0.05) is 53.0 Å². The third-order valence-electron chi connectivity index (χ3n) is 3.64. The van der Waals surface area contributed by atoms with Crippen LogP contribution in [0.2, 0.25) is 10.0 Å². The van der Waals surface area contributed by atoms with Gasteiger partial charge in [0.25, 0.3) is 11.5 Å². The van der Waals surface area contributed by atoms with E-state index in [2.05, 4.69) is 10.3 Å². The first-order valence-corrected chi connectivity index (χ1v) is 8.26. The number of aromatic amines is 1. The minimum Gasteiger partial charge on any atom is -0.322 e. The number of pyridine rings is 1. The summed E-state index contributed by atoms with van der Waals surface area (Å²) in [5.74, 6) is -0.532. The van der Waals surface area contributed by atoms with E-state index in [-0.39, 0.29) is 5.56 Å². The normalized spacial score (nSPS) is 10.5. The van der Waals surface area contributed by atoms with Crippen LogP contribution in [-0.4, -0.2) is 10.9 Å². The molecular weight excluding hydrogens is 359 g/mol. The number of rotatable bonds is 3. The summed E-state index contributed by atoms with van der Waals surface area (Å²) < 4.78 is 0. The van der Waals surface area contributed by atoms with Crippen LogP contribution in [0.5, 0.6) is 0 Å². The molecule has 0 bridgehead atoms. The van der Waals surface area contributed by atoms with Gasteiger partial charge in [-0.3, -0.25) is 9.59 Å². The van der Waals surface area contributed by atoms with Crippen LogP contribution in [0, 0.1) is 6.92 Å². The van der Waals surface area contributed by atoms with Gasteiger partial charge in [0.15, 0.2) is 0 Å². The third kappa shape index (κ3) is 4.10. The fourth-order valence-corrected chi connectivity index (χ4v) is 2.90. The lowest BCUT2D eigenvalue weighted by atomic mass is 10.1. The summed E-state index contributed by atoms with van der Waals surface area (Å²) in [5.41, 5.74) is 2.60. The zero-order valence-corrected chi connectivity index (χ0v) is 14.8. The molecule has 0 saturated heterocycles. The number of aromatic nitrogens is 1. The summed E-state index contributed by atoms with van der Waals surface area (Å²) in [6.07, 6.45) is 0. The van der Waals surface area contributed by atoms with Crippen LogP contribution in [0.15, 0.2) is 59.4 Å². The molecular formula is C19H14Cl2N2O2. The fraction of sp³-hybridized carbons (Fsp3) is 0.0526. The average Bonchev–Trinajstić information content (AvgIpc) is 2.54. The molecule has 0 atom stereocenters. The Hall–Kier alpha value is -2.56. The van der Waals surface area contributed by atoms with Gasteiger partial charge < -0.3 is 10.3 Å². The molecule has 1 aromatic heterocycles. The smallest absolute Gasteiger partial charge is 0.261 e. The van der Waals surface area contributed by atoms with E-state index in [9.17, 15) is 9.59 Å². The number of carbonyl (C=O) groups excluding carboxylic acids is 1. The Balaban J connectivity index is 1.86. The van der Waals surface area contributed by atoms with Gasteiger partial charge in [0.2, 0.25) is 0 Å². The molecule has 2 N–H and O–H groups in total. The Morgan fingerprint density at radius 1 is 0.960 bits per heavy atom. The Morgan fingerprint density at radius 2 is 1.60 bits per heavy atom. The topological polar surface area (TPSA) is 62.0 Å². The molecule has 0 unspecified atom stereocenters. The van der Waals surface area contributed by atoms with Crippen LogP contribution in [0.3, 0.4) is 0 Å². The number of aryl methyl sites for hydroxylation is 1. The molecule has 0 spiro atoms. The van der Waals surface area contributed by atoms with Crippen molar-refractivity contribution in [3.8, 4) is 11.3 Å².